The first-order valence-electron chi connectivity index (χ1n) is 5.79. The fourth-order valence-corrected chi connectivity index (χ4v) is 2.43. The first-order valence-corrected chi connectivity index (χ1v) is 6.16. The lowest BCUT2D eigenvalue weighted by atomic mass is 10.0. The molecule has 3 nitrogen and oxygen atoms in total. The molecule has 1 aromatic rings. The van der Waals surface area contributed by atoms with Crippen molar-refractivity contribution >= 4 is 23.2 Å². The Morgan fingerprint density at radius 2 is 2.18 bits per heavy atom. The van der Waals surface area contributed by atoms with E-state index in [1.807, 2.05) is 4.90 Å². The molecule has 1 aromatic carbocycles. The largest absolute Gasteiger partial charge is 0.398 e. The Kier molecular flexibility index (Phi) is 3.04. The van der Waals surface area contributed by atoms with Crippen molar-refractivity contribution in [3.63, 3.8) is 0 Å². The second-order valence-corrected chi connectivity index (χ2v) is 5.52. The summed E-state index contributed by atoms with van der Waals surface area (Å²) in [7, 11) is 0. The molecule has 1 aliphatic rings. The van der Waals surface area contributed by atoms with Crippen LogP contribution in [-0.4, -0.2) is 22.9 Å². The molecule has 17 heavy (non-hydrogen) atoms. The van der Waals surface area contributed by atoms with Crippen molar-refractivity contribution in [1.82, 2.24) is 4.90 Å². The predicted octanol–water partition coefficient (Wildman–Crippen LogP) is 2.94. The highest BCUT2D eigenvalue weighted by molar-refractivity contribution is 6.33. The maximum atomic E-state index is 12.4. The van der Waals surface area contributed by atoms with E-state index in [9.17, 15) is 4.79 Å². The Hall–Kier alpha value is -1.22. The summed E-state index contributed by atoms with van der Waals surface area (Å²) in [5.41, 5.74) is 6.72. The lowest BCUT2D eigenvalue weighted by molar-refractivity contribution is 0.0652. The van der Waals surface area contributed by atoms with E-state index in [1.165, 1.54) is 0 Å². The standard InChI is InChI=1S/C13H17ClN2O/c1-13(2)6-3-7-16(13)12(17)9-4-5-10(14)11(15)8-9/h4-5,8H,3,6-7,15H2,1-2H3. The average molecular weight is 253 g/mol. The molecule has 1 saturated heterocycles. The summed E-state index contributed by atoms with van der Waals surface area (Å²) in [5, 5.41) is 0.488. The van der Waals surface area contributed by atoms with Crippen LogP contribution in [0.15, 0.2) is 18.2 Å². The van der Waals surface area contributed by atoms with E-state index in [4.69, 9.17) is 17.3 Å². The molecule has 0 aliphatic carbocycles. The van der Waals surface area contributed by atoms with Gasteiger partial charge in [0, 0.05) is 17.6 Å². The zero-order chi connectivity index (χ0) is 12.6. The summed E-state index contributed by atoms with van der Waals surface area (Å²) >= 11 is 5.85. The molecule has 0 saturated carbocycles. The number of hydrogen-bond donors (Lipinski definition) is 1. The van der Waals surface area contributed by atoms with Gasteiger partial charge < -0.3 is 10.6 Å². The predicted molar refractivity (Wildman–Crippen MR) is 70.2 cm³/mol. The SMILES string of the molecule is CC1(C)CCCN1C(=O)c1ccc(Cl)c(N)c1. The van der Waals surface area contributed by atoms with Crippen LogP contribution in [0.1, 0.15) is 37.0 Å². The van der Waals surface area contributed by atoms with E-state index in [2.05, 4.69) is 13.8 Å². The molecule has 0 atom stereocenters. The number of hydrogen-bond acceptors (Lipinski definition) is 2. The van der Waals surface area contributed by atoms with Crippen LogP contribution in [0.2, 0.25) is 5.02 Å². The van der Waals surface area contributed by atoms with Crippen LogP contribution < -0.4 is 5.73 Å². The fourth-order valence-electron chi connectivity index (χ4n) is 2.32. The number of likely N-dealkylation sites (tertiary alicyclic amines) is 1. The highest BCUT2D eigenvalue weighted by Crippen LogP contribution is 2.30. The molecule has 92 valence electrons. The monoisotopic (exact) mass is 252 g/mol. The molecule has 2 rings (SSSR count). The van der Waals surface area contributed by atoms with Gasteiger partial charge >= 0.3 is 0 Å². The van der Waals surface area contributed by atoms with Crippen molar-refractivity contribution in [2.45, 2.75) is 32.2 Å². The van der Waals surface area contributed by atoms with Gasteiger partial charge in [-0.15, -0.1) is 0 Å². The molecular weight excluding hydrogens is 236 g/mol. The number of anilines is 1. The minimum Gasteiger partial charge on any atom is -0.398 e. The third-order valence-corrected chi connectivity index (χ3v) is 3.73. The highest BCUT2D eigenvalue weighted by atomic mass is 35.5. The molecule has 1 heterocycles. The van der Waals surface area contributed by atoms with E-state index >= 15 is 0 Å². The van der Waals surface area contributed by atoms with E-state index in [1.54, 1.807) is 18.2 Å². The van der Waals surface area contributed by atoms with Crippen molar-refractivity contribution in [2.75, 3.05) is 12.3 Å². The second kappa shape index (κ2) is 4.22. The summed E-state index contributed by atoms with van der Waals surface area (Å²) in [6, 6.07) is 5.06. The number of nitrogens with zero attached hydrogens (tertiary/aromatic N) is 1. The Bertz CT molecular complexity index is 457. The minimum absolute atomic E-state index is 0.0378. The fraction of sp³-hybridized carbons (Fsp3) is 0.462. The van der Waals surface area contributed by atoms with Gasteiger partial charge in [-0.05, 0) is 44.9 Å². The van der Waals surface area contributed by atoms with E-state index in [0.717, 1.165) is 19.4 Å². The Labute approximate surface area is 107 Å². The summed E-state index contributed by atoms with van der Waals surface area (Å²) in [5.74, 6) is 0.0378. The first-order chi connectivity index (χ1) is 7.92. The van der Waals surface area contributed by atoms with Crippen molar-refractivity contribution in [3.8, 4) is 0 Å². The van der Waals surface area contributed by atoms with Crippen molar-refractivity contribution < 1.29 is 4.79 Å². The molecular formula is C13H17ClN2O. The molecule has 0 spiro atoms. The molecule has 1 fully saturated rings. The van der Waals surface area contributed by atoms with Gasteiger partial charge in [0.05, 0.1) is 10.7 Å². The summed E-state index contributed by atoms with van der Waals surface area (Å²) in [6.45, 7) is 5.00. The molecule has 0 aromatic heterocycles. The normalized spacial score (nSPS) is 18.4. The van der Waals surface area contributed by atoms with Crippen LogP contribution in [-0.2, 0) is 0 Å². The molecule has 2 N–H and O–H groups in total. The topological polar surface area (TPSA) is 46.3 Å². The first kappa shape index (κ1) is 12.2. The summed E-state index contributed by atoms with van der Waals surface area (Å²) in [6.07, 6.45) is 2.10. The van der Waals surface area contributed by atoms with Gasteiger partial charge in [-0.25, -0.2) is 0 Å². The Morgan fingerprint density at radius 1 is 1.47 bits per heavy atom. The maximum absolute atomic E-state index is 12.4. The number of halogens is 1. The summed E-state index contributed by atoms with van der Waals surface area (Å²) < 4.78 is 0. The van der Waals surface area contributed by atoms with Crippen LogP contribution in [0, 0.1) is 0 Å². The Balaban J connectivity index is 2.28. The number of nitrogen functional groups attached to an aromatic ring is 1. The molecule has 1 aliphatic heterocycles. The molecule has 4 heteroatoms. The third-order valence-electron chi connectivity index (χ3n) is 3.39. The maximum Gasteiger partial charge on any atom is 0.254 e. The minimum atomic E-state index is -0.0640. The van der Waals surface area contributed by atoms with Gasteiger partial charge in [0.2, 0.25) is 0 Å². The number of nitrogens with two attached hydrogens (primary N) is 1. The van der Waals surface area contributed by atoms with Gasteiger partial charge in [0.1, 0.15) is 0 Å². The third kappa shape index (κ3) is 2.25. The number of carbonyl (C=O) groups excluding carboxylic acids is 1. The van der Waals surface area contributed by atoms with Gasteiger partial charge in [-0.3, -0.25) is 4.79 Å². The van der Waals surface area contributed by atoms with Crippen molar-refractivity contribution in [3.05, 3.63) is 28.8 Å². The van der Waals surface area contributed by atoms with Gasteiger partial charge in [-0.2, -0.15) is 0 Å². The second-order valence-electron chi connectivity index (χ2n) is 5.11. The van der Waals surface area contributed by atoms with Crippen molar-refractivity contribution in [1.29, 1.82) is 0 Å². The van der Waals surface area contributed by atoms with E-state index in [-0.39, 0.29) is 11.4 Å². The van der Waals surface area contributed by atoms with E-state index < -0.39 is 0 Å². The zero-order valence-electron chi connectivity index (χ0n) is 10.2. The summed E-state index contributed by atoms with van der Waals surface area (Å²) in [4.78, 5) is 14.3. The number of benzene rings is 1. The van der Waals surface area contributed by atoms with Crippen LogP contribution in [0.5, 0.6) is 0 Å². The van der Waals surface area contributed by atoms with Gasteiger partial charge in [-0.1, -0.05) is 11.6 Å². The highest BCUT2D eigenvalue weighted by Gasteiger charge is 2.35. The van der Waals surface area contributed by atoms with Crippen LogP contribution in [0.25, 0.3) is 0 Å². The van der Waals surface area contributed by atoms with Crippen LogP contribution in [0.4, 0.5) is 5.69 Å². The molecule has 1 amide bonds. The molecule has 0 unspecified atom stereocenters. The van der Waals surface area contributed by atoms with Crippen molar-refractivity contribution in [2.24, 2.45) is 0 Å². The quantitative estimate of drug-likeness (QED) is 0.781. The number of amides is 1. The number of rotatable bonds is 1. The van der Waals surface area contributed by atoms with Crippen LogP contribution >= 0.6 is 11.6 Å². The van der Waals surface area contributed by atoms with Crippen LogP contribution in [0.3, 0.4) is 0 Å². The lowest BCUT2D eigenvalue weighted by Crippen LogP contribution is -2.42. The van der Waals surface area contributed by atoms with Gasteiger partial charge in [0.25, 0.3) is 5.91 Å². The lowest BCUT2D eigenvalue weighted by Gasteiger charge is -2.31. The zero-order valence-corrected chi connectivity index (χ0v) is 10.9. The number of carbonyl (C=O) groups is 1. The van der Waals surface area contributed by atoms with E-state index in [0.29, 0.717) is 16.3 Å². The smallest absolute Gasteiger partial charge is 0.254 e. The average Bonchev–Trinajstić information content (AvgIpc) is 2.61. The molecule has 0 radical (unpaired) electrons. The molecule has 0 bridgehead atoms. The Morgan fingerprint density at radius 3 is 2.71 bits per heavy atom. The van der Waals surface area contributed by atoms with Gasteiger partial charge in [0.15, 0.2) is 0 Å².